The largest absolute Gasteiger partial charge is 0.345 e. The fraction of sp³-hybridized carbons (Fsp3) is 0.240. The second-order valence-corrected chi connectivity index (χ2v) is 10.2. The van der Waals surface area contributed by atoms with Gasteiger partial charge in [0.25, 0.3) is 15.9 Å². The van der Waals surface area contributed by atoms with Gasteiger partial charge in [-0.05, 0) is 55.2 Å². The van der Waals surface area contributed by atoms with Crippen LogP contribution < -0.4 is 10.0 Å². The lowest BCUT2D eigenvalue weighted by Gasteiger charge is -2.21. The lowest BCUT2D eigenvalue weighted by atomic mass is 9.96. The Balaban J connectivity index is 1.86. The fourth-order valence-electron chi connectivity index (χ4n) is 3.36. The maximum absolute atomic E-state index is 13.0. The number of halogens is 1. The molecule has 1 amide bonds. The van der Waals surface area contributed by atoms with Crippen LogP contribution in [0.1, 0.15) is 47.8 Å². The molecule has 0 radical (unpaired) electrons. The van der Waals surface area contributed by atoms with Gasteiger partial charge in [0.1, 0.15) is 4.90 Å². The molecule has 3 aromatic carbocycles. The molecular formula is C25H27ClN2O3S. The summed E-state index contributed by atoms with van der Waals surface area (Å²) in [5, 5.41) is 3.08. The minimum absolute atomic E-state index is 0.0444. The van der Waals surface area contributed by atoms with Crippen molar-refractivity contribution in [2.45, 2.75) is 38.1 Å². The van der Waals surface area contributed by atoms with Gasteiger partial charge in [-0.3, -0.25) is 9.52 Å². The van der Waals surface area contributed by atoms with E-state index in [4.69, 9.17) is 11.6 Å². The van der Waals surface area contributed by atoms with E-state index in [1.807, 2.05) is 49.4 Å². The van der Waals surface area contributed by atoms with Gasteiger partial charge in [-0.15, -0.1) is 0 Å². The van der Waals surface area contributed by atoms with Gasteiger partial charge in [-0.2, -0.15) is 0 Å². The van der Waals surface area contributed by atoms with Crippen molar-refractivity contribution in [1.29, 1.82) is 0 Å². The highest BCUT2D eigenvalue weighted by molar-refractivity contribution is 7.92. The summed E-state index contributed by atoms with van der Waals surface area (Å²) < 4.78 is 28.4. The van der Waals surface area contributed by atoms with Crippen molar-refractivity contribution in [1.82, 2.24) is 5.32 Å². The Bertz CT molecular complexity index is 1180. The zero-order valence-electron chi connectivity index (χ0n) is 18.3. The number of rotatable bonds is 8. The highest BCUT2D eigenvalue weighted by Gasteiger charge is 2.22. The van der Waals surface area contributed by atoms with Crippen LogP contribution in [-0.2, 0) is 10.0 Å². The molecule has 0 bridgehead atoms. The van der Waals surface area contributed by atoms with Crippen LogP contribution in [-0.4, -0.2) is 14.3 Å². The molecular weight excluding hydrogens is 444 g/mol. The predicted octanol–water partition coefficient (Wildman–Crippen LogP) is 5.97. The minimum atomic E-state index is -3.97. The summed E-state index contributed by atoms with van der Waals surface area (Å²) in [6.07, 6.45) is 0.753. The van der Waals surface area contributed by atoms with Gasteiger partial charge in [0, 0.05) is 11.3 Å². The van der Waals surface area contributed by atoms with Crippen LogP contribution in [0.15, 0.2) is 77.7 Å². The molecule has 5 nitrogen and oxygen atoms in total. The molecule has 0 heterocycles. The molecule has 168 valence electrons. The van der Waals surface area contributed by atoms with E-state index in [1.165, 1.54) is 18.2 Å². The predicted molar refractivity (Wildman–Crippen MR) is 130 cm³/mol. The third-order valence-electron chi connectivity index (χ3n) is 5.00. The quantitative estimate of drug-likeness (QED) is 0.426. The Kier molecular flexibility index (Phi) is 7.59. The molecule has 0 spiro atoms. The van der Waals surface area contributed by atoms with Gasteiger partial charge in [-0.1, -0.05) is 73.5 Å². The van der Waals surface area contributed by atoms with E-state index >= 15 is 0 Å². The Morgan fingerprint density at radius 3 is 2.25 bits per heavy atom. The summed E-state index contributed by atoms with van der Waals surface area (Å²) in [4.78, 5) is 12.9. The lowest BCUT2D eigenvalue weighted by Crippen LogP contribution is -2.29. The van der Waals surface area contributed by atoms with Crippen molar-refractivity contribution in [3.05, 3.63) is 94.5 Å². The molecule has 3 aromatic rings. The van der Waals surface area contributed by atoms with Crippen molar-refractivity contribution < 1.29 is 13.2 Å². The summed E-state index contributed by atoms with van der Waals surface area (Å²) >= 11 is 6.20. The number of hydrogen-bond acceptors (Lipinski definition) is 3. The first-order valence-corrected chi connectivity index (χ1v) is 12.3. The average Bonchev–Trinajstić information content (AvgIpc) is 2.75. The highest BCUT2D eigenvalue weighted by atomic mass is 35.5. The standard InChI is InChI=1S/C25H27ClN2O3S/c1-17(2)15-23(19-7-5-4-6-8-19)27-25(29)20-11-14-22(26)24(16-20)32(30,31)28-21-12-9-18(3)10-13-21/h4-14,16-17,23,28H,15H2,1-3H3,(H,27,29)/t23-/m1/s1. The third-order valence-corrected chi connectivity index (χ3v) is 6.86. The van der Waals surface area contributed by atoms with E-state index in [1.54, 1.807) is 12.1 Å². The first-order chi connectivity index (χ1) is 15.2. The maximum atomic E-state index is 13.0. The summed E-state index contributed by atoms with van der Waals surface area (Å²) in [6, 6.07) is 20.8. The van der Waals surface area contributed by atoms with Gasteiger partial charge in [0.05, 0.1) is 11.1 Å². The SMILES string of the molecule is Cc1ccc(NS(=O)(=O)c2cc(C(=O)N[C@H](CC(C)C)c3ccccc3)ccc2Cl)cc1. The number of amides is 1. The number of aryl methyl sites for hydroxylation is 1. The van der Waals surface area contributed by atoms with Crippen LogP contribution in [0.25, 0.3) is 0 Å². The number of hydrogen-bond donors (Lipinski definition) is 2. The van der Waals surface area contributed by atoms with Gasteiger partial charge in [0.2, 0.25) is 0 Å². The van der Waals surface area contributed by atoms with Crippen molar-refractivity contribution in [2.75, 3.05) is 4.72 Å². The number of carbonyl (C=O) groups excluding carboxylic acids is 1. The van der Waals surface area contributed by atoms with E-state index in [-0.39, 0.29) is 27.4 Å². The van der Waals surface area contributed by atoms with Crippen molar-refractivity contribution >= 4 is 33.2 Å². The number of benzene rings is 3. The molecule has 7 heteroatoms. The molecule has 0 aliphatic heterocycles. The van der Waals surface area contributed by atoms with E-state index in [2.05, 4.69) is 23.9 Å². The van der Waals surface area contributed by atoms with Crippen molar-refractivity contribution in [2.24, 2.45) is 5.92 Å². The summed E-state index contributed by atoms with van der Waals surface area (Å²) in [5.41, 5.74) is 2.65. The molecule has 0 aliphatic rings. The molecule has 0 aliphatic carbocycles. The fourth-order valence-corrected chi connectivity index (χ4v) is 4.94. The third kappa shape index (κ3) is 6.11. The van der Waals surface area contributed by atoms with Crippen LogP contribution in [0.5, 0.6) is 0 Å². The Labute approximate surface area is 194 Å². The molecule has 3 rings (SSSR count). The molecule has 0 aromatic heterocycles. The Morgan fingerprint density at radius 2 is 1.62 bits per heavy atom. The van der Waals surface area contributed by atoms with Crippen LogP contribution in [0, 0.1) is 12.8 Å². The summed E-state index contributed by atoms with van der Waals surface area (Å²) in [7, 11) is -3.97. The summed E-state index contributed by atoms with van der Waals surface area (Å²) in [6.45, 7) is 6.09. The molecule has 2 N–H and O–H groups in total. The van der Waals surface area contributed by atoms with Crippen LogP contribution in [0.3, 0.4) is 0 Å². The molecule has 1 atom stereocenters. The molecule has 32 heavy (non-hydrogen) atoms. The van der Waals surface area contributed by atoms with Crippen LogP contribution >= 0.6 is 11.6 Å². The van der Waals surface area contributed by atoms with Gasteiger partial charge < -0.3 is 5.32 Å². The van der Waals surface area contributed by atoms with E-state index in [9.17, 15) is 13.2 Å². The highest BCUT2D eigenvalue weighted by Crippen LogP contribution is 2.27. The lowest BCUT2D eigenvalue weighted by molar-refractivity contribution is 0.0931. The molecule has 0 unspecified atom stereocenters. The average molecular weight is 471 g/mol. The number of sulfonamides is 1. The molecule has 0 saturated carbocycles. The topological polar surface area (TPSA) is 75.3 Å². The van der Waals surface area contributed by atoms with Gasteiger partial charge in [0.15, 0.2) is 0 Å². The first kappa shape index (κ1) is 23.8. The van der Waals surface area contributed by atoms with Gasteiger partial charge in [-0.25, -0.2) is 8.42 Å². The number of anilines is 1. The smallest absolute Gasteiger partial charge is 0.263 e. The normalized spacial score (nSPS) is 12.4. The zero-order chi connectivity index (χ0) is 23.3. The molecule has 0 fully saturated rings. The second-order valence-electron chi connectivity index (χ2n) is 8.18. The van der Waals surface area contributed by atoms with E-state index in [0.717, 1.165) is 17.5 Å². The summed E-state index contributed by atoms with van der Waals surface area (Å²) in [5.74, 6) is 0.00308. The minimum Gasteiger partial charge on any atom is -0.345 e. The van der Waals surface area contributed by atoms with E-state index < -0.39 is 10.0 Å². The van der Waals surface area contributed by atoms with Crippen molar-refractivity contribution in [3.63, 3.8) is 0 Å². The van der Waals surface area contributed by atoms with Crippen LogP contribution in [0.2, 0.25) is 5.02 Å². The van der Waals surface area contributed by atoms with Crippen molar-refractivity contribution in [3.8, 4) is 0 Å². The first-order valence-electron chi connectivity index (χ1n) is 10.4. The van der Waals surface area contributed by atoms with Gasteiger partial charge >= 0.3 is 0 Å². The monoisotopic (exact) mass is 470 g/mol. The zero-order valence-corrected chi connectivity index (χ0v) is 19.9. The molecule has 0 saturated heterocycles. The van der Waals surface area contributed by atoms with Crippen LogP contribution in [0.4, 0.5) is 5.69 Å². The number of carbonyl (C=O) groups is 1. The van der Waals surface area contributed by atoms with E-state index in [0.29, 0.717) is 11.6 Å². The number of nitrogens with one attached hydrogen (secondary N) is 2. The maximum Gasteiger partial charge on any atom is 0.263 e. The second kappa shape index (κ2) is 10.2. The Morgan fingerprint density at radius 1 is 0.969 bits per heavy atom. The Hall–Kier alpha value is -2.83.